The van der Waals surface area contributed by atoms with Gasteiger partial charge in [0.15, 0.2) is 8.32 Å². The van der Waals surface area contributed by atoms with Crippen LogP contribution in [-0.2, 0) is 4.43 Å². The molecule has 6 heteroatoms. The number of halogens is 1. The van der Waals surface area contributed by atoms with Crippen molar-refractivity contribution in [3.05, 3.63) is 113 Å². The standard InChI is InChI=1S/C33H41NOPSSi.HI/c1-27-34-28(26-37-27)22-23-29(35-38(5,6)33(2,3)4)24-25-36(30-16-10-7-11-17-30,31-18-12-8-13-19-31)32-20-14-9-15-21-32;/h7-23,26,29H,24-25H2,1-6H3;1H/q+1;/p-1/b23-22+;/t29-;/m1./s1. The molecular formula is C33H41INOPSSi. The summed E-state index contributed by atoms with van der Waals surface area (Å²) in [5.41, 5.74) is 1.02. The molecule has 0 bridgehead atoms. The first-order valence-corrected chi connectivity index (χ1v) is 19.2. The number of aromatic nitrogens is 1. The molecule has 0 aliphatic carbocycles. The van der Waals surface area contributed by atoms with Gasteiger partial charge in [0.05, 0.1) is 23.0 Å². The number of hydrogen-bond donors (Lipinski definition) is 0. The third-order valence-corrected chi connectivity index (χ3v) is 17.5. The molecule has 4 rings (SSSR count). The summed E-state index contributed by atoms with van der Waals surface area (Å²) in [7, 11) is -3.91. The van der Waals surface area contributed by atoms with E-state index in [2.05, 4.69) is 154 Å². The van der Waals surface area contributed by atoms with Gasteiger partial charge in [-0.1, -0.05) is 81.4 Å². The second-order valence-corrected chi connectivity index (χ2v) is 20.8. The molecule has 3 aromatic carbocycles. The van der Waals surface area contributed by atoms with Gasteiger partial charge in [-0.2, -0.15) is 0 Å². The maximum absolute atomic E-state index is 7.08. The molecule has 0 fully saturated rings. The predicted octanol–water partition coefficient (Wildman–Crippen LogP) is 5.24. The van der Waals surface area contributed by atoms with Crippen molar-refractivity contribution in [3.63, 3.8) is 0 Å². The maximum Gasteiger partial charge on any atom is 0.192 e. The molecule has 0 radical (unpaired) electrons. The van der Waals surface area contributed by atoms with Gasteiger partial charge in [-0.3, -0.25) is 0 Å². The molecule has 0 amide bonds. The molecule has 0 aliphatic rings. The lowest BCUT2D eigenvalue weighted by molar-refractivity contribution is -0.00000919. The summed E-state index contributed by atoms with van der Waals surface area (Å²) in [6.07, 6.45) is 6.43. The summed E-state index contributed by atoms with van der Waals surface area (Å²) in [5, 5.41) is 7.62. The number of hydrogen-bond acceptors (Lipinski definition) is 3. The molecule has 0 N–H and O–H groups in total. The molecule has 1 heterocycles. The van der Waals surface area contributed by atoms with E-state index >= 15 is 0 Å². The van der Waals surface area contributed by atoms with Crippen molar-refractivity contribution < 1.29 is 28.4 Å². The highest BCUT2D eigenvalue weighted by Crippen LogP contribution is 2.56. The summed E-state index contributed by atoms with van der Waals surface area (Å²) in [5.74, 6) is 0. The van der Waals surface area contributed by atoms with E-state index in [0.29, 0.717) is 0 Å². The van der Waals surface area contributed by atoms with E-state index in [1.165, 1.54) is 15.9 Å². The monoisotopic (exact) mass is 685 g/mol. The molecule has 0 spiro atoms. The van der Waals surface area contributed by atoms with Crippen molar-refractivity contribution in [2.45, 2.75) is 58.4 Å². The van der Waals surface area contributed by atoms with Crippen LogP contribution in [0.15, 0.2) is 102 Å². The van der Waals surface area contributed by atoms with Gasteiger partial charge >= 0.3 is 0 Å². The van der Waals surface area contributed by atoms with Gasteiger partial charge in [0.2, 0.25) is 0 Å². The van der Waals surface area contributed by atoms with Crippen molar-refractivity contribution in [3.8, 4) is 0 Å². The molecule has 1 atom stereocenters. The van der Waals surface area contributed by atoms with Crippen LogP contribution in [0.1, 0.15) is 37.9 Å². The highest BCUT2D eigenvalue weighted by Gasteiger charge is 2.46. The molecule has 1 aromatic heterocycles. The topological polar surface area (TPSA) is 22.1 Å². The van der Waals surface area contributed by atoms with Crippen LogP contribution in [0.4, 0.5) is 0 Å². The van der Waals surface area contributed by atoms with E-state index in [1.807, 2.05) is 0 Å². The Bertz CT molecular complexity index is 1220. The van der Waals surface area contributed by atoms with Crippen LogP contribution in [-0.4, -0.2) is 25.6 Å². The Morgan fingerprint density at radius 2 is 1.31 bits per heavy atom. The summed E-state index contributed by atoms with van der Waals surface area (Å²) in [6.45, 7) is 13.7. The molecule has 4 aromatic rings. The van der Waals surface area contributed by atoms with Crippen LogP contribution in [0.3, 0.4) is 0 Å². The van der Waals surface area contributed by atoms with E-state index in [9.17, 15) is 0 Å². The Hall–Kier alpha value is -1.63. The lowest BCUT2D eigenvalue weighted by Gasteiger charge is -2.39. The zero-order valence-electron chi connectivity index (χ0n) is 24.0. The minimum Gasteiger partial charge on any atom is -1.00 e. The van der Waals surface area contributed by atoms with Crippen LogP contribution in [0.25, 0.3) is 6.08 Å². The number of benzene rings is 3. The Labute approximate surface area is 258 Å². The van der Waals surface area contributed by atoms with Crippen LogP contribution >= 0.6 is 18.6 Å². The summed E-state index contributed by atoms with van der Waals surface area (Å²) < 4.78 is 7.08. The second kappa shape index (κ2) is 13.8. The number of thiazole rings is 1. The SMILES string of the molecule is Cc1nc(/C=C/[C@H](CC[P+](c2ccccc2)(c2ccccc2)c2ccccc2)O[Si](C)(C)C(C)(C)C)cs1.[I-]. The van der Waals surface area contributed by atoms with E-state index in [-0.39, 0.29) is 35.1 Å². The Balaban J connectivity index is 0.00000420. The smallest absolute Gasteiger partial charge is 0.192 e. The fourth-order valence-electron chi connectivity index (χ4n) is 4.62. The fourth-order valence-corrected chi connectivity index (χ4v) is 10.9. The predicted molar refractivity (Wildman–Crippen MR) is 173 cm³/mol. The van der Waals surface area contributed by atoms with Crippen molar-refractivity contribution in [1.82, 2.24) is 4.98 Å². The maximum atomic E-state index is 7.08. The zero-order chi connectivity index (χ0) is 27.2. The Morgan fingerprint density at radius 3 is 1.69 bits per heavy atom. The first kappa shape index (κ1) is 31.9. The molecule has 2 nitrogen and oxygen atoms in total. The van der Waals surface area contributed by atoms with E-state index < -0.39 is 15.6 Å². The van der Waals surface area contributed by atoms with Crippen LogP contribution < -0.4 is 39.9 Å². The lowest BCUT2D eigenvalue weighted by Crippen LogP contribution is -3.00. The highest BCUT2D eigenvalue weighted by molar-refractivity contribution is 7.95. The molecule has 39 heavy (non-hydrogen) atoms. The minimum atomic E-state index is -1.99. The van der Waals surface area contributed by atoms with Gasteiger partial charge in [0.1, 0.15) is 23.2 Å². The van der Waals surface area contributed by atoms with Crippen LogP contribution in [0.5, 0.6) is 0 Å². The van der Waals surface area contributed by atoms with Gasteiger partial charge in [0, 0.05) is 11.8 Å². The van der Waals surface area contributed by atoms with Gasteiger partial charge in [-0.25, -0.2) is 4.98 Å². The lowest BCUT2D eigenvalue weighted by atomic mass is 10.2. The van der Waals surface area contributed by atoms with Gasteiger partial charge in [-0.15, -0.1) is 11.3 Å². The Morgan fingerprint density at radius 1 is 0.846 bits per heavy atom. The van der Waals surface area contributed by atoms with Crippen molar-refractivity contribution in [2.75, 3.05) is 6.16 Å². The largest absolute Gasteiger partial charge is 1.00 e. The second-order valence-electron chi connectivity index (χ2n) is 11.4. The molecule has 0 aliphatic heterocycles. The molecular weight excluding hydrogens is 644 g/mol. The average Bonchev–Trinajstić information content (AvgIpc) is 3.33. The van der Waals surface area contributed by atoms with Gasteiger partial charge in [0.25, 0.3) is 0 Å². The fraction of sp³-hybridized carbons (Fsp3) is 0.303. The molecule has 0 saturated carbocycles. The number of rotatable bonds is 10. The summed E-state index contributed by atoms with van der Waals surface area (Å²) in [6, 6.07) is 33.4. The number of nitrogens with zero attached hydrogens (tertiary/aromatic N) is 1. The third kappa shape index (κ3) is 7.77. The van der Waals surface area contributed by atoms with Crippen molar-refractivity contribution in [2.24, 2.45) is 0 Å². The summed E-state index contributed by atoms with van der Waals surface area (Å²) >= 11 is 1.69. The molecule has 0 saturated heterocycles. The first-order valence-electron chi connectivity index (χ1n) is 13.4. The highest BCUT2D eigenvalue weighted by atomic mass is 127. The minimum absolute atomic E-state index is 0. The van der Waals surface area contributed by atoms with Crippen LogP contribution in [0, 0.1) is 6.92 Å². The Kier molecular flexibility index (Phi) is 11.3. The number of aryl methyl sites for hydroxylation is 1. The molecule has 0 unspecified atom stereocenters. The average molecular weight is 686 g/mol. The quantitative estimate of drug-likeness (QED) is 0.130. The van der Waals surface area contributed by atoms with E-state index in [0.717, 1.165) is 23.3 Å². The third-order valence-electron chi connectivity index (χ3n) is 7.71. The van der Waals surface area contributed by atoms with Crippen LogP contribution in [0.2, 0.25) is 18.1 Å². The van der Waals surface area contributed by atoms with Gasteiger partial charge in [-0.05, 0) is 67.5 Å². The van der Waals surface area contributed by atoms with E-state index in [4.69, 9.17) is 4.43 Å². The zero-order valence-corrected chi connectivity index (χ0v) is 28.8. The summed E-state index contributed by atoms with van der Waals surface area (Å²) in [4.78, 5) is 4.67. The van der Waals surface area contributed by atoms with Crippen molar-refractivity contribution in [1.29, 1.82) is 0 Å². The van der Waals surface area contributed by atoms with Gasteiger partial charge < -0.3 is 28.4 Å². The van der Waals surface area contributed by atoms with Crippen molar-refractivity contribution >= 4 is 48.9 Å². The normalized spacial score (nSPS) is 13.3. The van der Waals surface area contributed by atoms with E-state index in [1.54, 1.807) is 11.3 Å². The first-order chi connectivity index (χ1) is 18.1. The molecule has 206 valence electrons.